The van der Waals surface area contributed by atoms with E-state index < -0.39 is 0 Å². The molecular weight excluding hydrogens is 100 g/mol. The normalized spacial score (nSPS) is 9.75. The summed E-state index contributed by atoms with van der Waals surface area (Å²) >= 11 is 0. The number of nitrogens with zero attached hydrogens (tertiary/aromatic N) is 1. The van der Waals surface area contributed by atoms with Crippen LogP contribution >= 0.6 is 0 Å². The number of nitriles is 1. The molecule has 0 saturated heterocycles. The summed E-state index contributed by atoms with van der Waals surface area (Å²) in [5, 5.41) is 10.9. The average molecular weight is 110 g/mol. The van der Waals surface area contributed by atoms with Crippen molar-refractivity contribution in [2.75, 3.05) is 0 Å². The van der Waals surface area contributed by atoms with Crippen LogP contribution in [0.4, 0.5) is 0 Å². The van der Waals surface area contributed by atoms with Crippen molar-refractivity contribution < 1.29 is 0 Å². The summed E-state index contributed by atoms with van der Waals surface area (Å²) in [5.74, 6) is 0. The zero-order valence-corrected chi connectivity index (χ0v) is 5.18. The second kappa shape index (κ2) is 4.20. The molecule has 0 spiro atoms. The number of hydrogen-bond acceptors (Lipinski definition) is 2. The fourth-order valence-corrected chi connectivity index (χ4v) is 0.278. The summed E-state index contributed by atoms with van der Waals surface area (Å²) in [6, 6.07) is 2.30. The molecule has 0 saturated carbocycles. The average Bonchev–Trinajstić information content (AvgIpc) is 1.66. The molecule has 0 radical (unpaired) electrons. The van der Waals surface area contributed by atoms with Gasteiger partial charge in [0.1, 0.15) is 0 Å². The van der Waals surface area contributed by atoms with Gasteiger partial charge in [0.2, 0.25) is 0 Å². The maximum atomic E-state index is 8.00. The van der Waals surface area contributed by atoms with Crippen LogP contribution in [0, 0.1) is 11.3 Å². The lowest BCUT2D eigenvalue weighted by Gasteiger charge is -2.00. The molecule has 1 N–H and O–H groups in total. The molecule has 0 unspecified atom stereocenters. The molecule has 0 aliphatic heterocycles. The molecule has 0 rings (SSSR count). The van der Waals surface area contributed by atoms with Crippen LogP contribution in [0.5, 0.6) is 0 Å². The van der Waals surface area contributed by atoms with Gasteiger partial charge in [0, 0.05) is 18.3 Å². The van der Waals surface area contributed by atoms with E-state index in [9.17, 15) is 0 Å². The Kier molecular flexibility index (Phi) is 3.69. The van der Waals surface area contributed by atoms with E-state index in [2.05, 4.69) is 5.32 Å². The van der Waals surface area contributed by atoms with Gasteiger partial charge < -0.3 is 5.32 Å². The number of nitrogens with one attached hydrogen (secondary N) is 1. The van der Waals surface area contributed by atoms with Crippen molar-refractivity contribution in [1.29, 1.82) is 5.26 Å². The lowest BCUT2D eigenvalue weighted by Crippen LogP contribution is -2.14. The molecule has 0 aromatic rings. The Balaban J connectivity index is 3.19. The molecule has 44 valence electrons. The van der Waals surface area contributed by atoms with Gasteiger partial charge in [-0.15, -0.1) is 0 Å². The molecule has 0 aliphatic carbocycles. The van der Waals surface area contributed by atoms with E-state index in [1.807, 2.05) is 19.9 Å². The van der Waals surface area contributed by atoms with Crippen molar-refractivity contribution in [2.45, 2.75) is 19.9 Å². The zero-order valence-electron chi connectivity index (χ0n) is 5.18. The molecular formula is C6H10N2. The Morgan fingerprint density at radius 2 is 2.25 bits per heavy atom. The van der Waals surface area contributed by atoms with Gasteiger partial charge in [0.25, 0.3) is 0 Å². The van der Waals surface area contributed by atoms with Crippen LogP contribution in [0.1, 0.15) is 13.8 Å². The number of allylic oxidation sites excluding steroid dienone is 1. The number of hydrogen-bond donors (Lipinski definition) is 1. The Morgan fingerprint density at radius 1 is 1.62 bits per heavy atom. The van der Waals surface area contributed by atoms with Gasteiger partial charge in [-0.3, -0.25) is 0 Å². The smallest absolute Gasteiger partial charge is 0.0927 e. The van der Waals surface area contributed by atoms with Crippen molar-refractivity contribution in [3.8, 4) is 6.07 Å². The highest BCUT2D eigenvalue weighted by Crippen LogP contribution is 1.74. The minimum absolute atomic E-state index is 0.416. The van der Waals surface area contributed by atoms with Gasteiger partial charge in [-0.05, 0) is 13.8 Å². The van der Waals surface area contributed by atoms with E-state index in [1.165, 1.54) is 6.08 Å². The molecule has 0 aromatic carbocycles. The number of rotatable bonds is 2. The van der Waals surface area contributed by atoms with Gasteiger partial charge in [-0.2, -0.15) is 5.26 Å². The van der Waals surface area contributed by atoms with E-state index in [-0.39, 0.29) is 0 Å². The van der Waals surface area contributed by atoms with Crippen molar-refractivity contribution in [1.82, 2.24) is 5.32 Å². The van der Waals surface area contributed by atoms with Crippen LogP contribution in [-0.2, 0) is 0 Å². The molecule has 0 fully saturated rings. The van der Waals surface area contributed by atoms with Crippen LogP contribution in [0.15, 0.2) is 12.3 Å². The fraction of sp³-hybridized carbons (Fsp3) is 0.500. The highest BCUT2D eigenvalue weighted by molar-refractivity contribution is 5.00. The monoisotopic (exact) mass is 110 g/mol. The van der Waals surface area contributed by atoms with E-state index in [0.29, 0.717) is 6.04 Å². The largest absolute Gasteiger partial charge is 0.388 e. The van der Waals surface area contributed by atoms with Crippen LogP contribution in [0.3, 0.4) is 0 Å². The highest BCUT2D eigenvalue weighted by atomic mass is 14.9. The van der Waals surface area contributed by atoms with Crippen LogP contribution in [0.2, 0.25) is 0 Å². The van der Waals surface area contributed by atoms with Crippen molar-refractivity contribution in [3.05, 3.63) is 12.3 Å². The highest BCUT2D eigenvalue weighted by Gasteiger charge is 1.80. The lowest BCUT2D eigenvalue weighted by atomic mass is 10.4. The second-order valence-electron chi connectivity index (χ2n) is 1.78. The van der Waals surface area contributed by atoms with E-state index in [4.69, 9.17) is 5.26 Å². The third-order valence-corrected chi connectivity index (χ3v) is 0.587. The summed E-state index contributed by atoms with van der Waals surface area (Å²) in [7, 11) is 0. The zero-order chi connectivity index (χ0) is 6.41. The third kappa shape index (κ3) is 5.03. The van der Waals surface area contributed by atoms with Gasteiger partial charge in [-0.25, -0.2) is 0 Å². The van der Waals surface area contributed by atoms with Gasteiger partial charge in [0.15, 0.2) is 0 Å². The van der Waals surface area contributed by atoms with Crippen LogP contribution in [-0.4, -0.2) is 6.04 Å². The predicted octanol–water partition coefficient (Wildman–Crippen LogP) is 1.02. The first kappa shape index (κ1) is 7.03. The van der Waals surface area contributed by atoms with Crippen LogP contribution in [0.25, 0.3) is 0 Å². The molecule has 0 atom stereocenters. The first-order valence-electron chi connectivity index (χ1n) is 2.58. The van der Waals surface area contributed by atoms with E-state index in [1.54, 1.807) is 6.20 Å². The molecule has 2 heteroatoms. The Morgan fingerprint density at radius 3 is 2.62 bits per heavy atom. The Bertz CT molecular complexity index is 108. The summed E-state index contributed by atoms with van der Waals surface area (Å²) in [6.07, 6.45) is 3.06. The van der Waals surface area contributed by atoms with Crippen molar-refractivity contribution in [3.63, 3.8) is 0 Å². The molecule has 2 nitrogen and oxygen atoms in total. The van der Waals surface area contributed by atoms with E-state index in [0.717, 1.165) is 0 Å². The molecule has 8 heavy (non-hydrogen) atoms. The molecule has 0 aliphatic rings. The summed E-state index contributed by atoms with van der Waals surface area (Å²) in [4.78, 5) is 0. The van der Waals surface area contributed by atoms with Crippen molar-refractivity contribution >= 4 is 0 Å². The first-order valence-corrected chi connectivity index (χ1v) is 2.58. The topological polar surface area (TPSA) is 35.8 Å². The maximum absolute atomic E-state index is 8.00. The van der Waals surface area contributed by atoms with E-state index >= 15 is 0 Å². The Labute approximate surface area is 49.8 Å². The van der Waals surface area contributed by atoms with Crippen LogP contribution < -0.4 is 5.32 Å². The SMILES string of the molecule is CC(C)NC=CC#N. The third-order valence-electron chi connectivity index (χ3n) is 0.587. The quantitative estimate of drug-likeness (QED) is 0.539. The molecule has 0 bridgehead atoms. The summed E-state index contributed by atoms with van der Waals surface area (Å²) in [6.45, 7) is 4.03. The fourth-order valence-electron chi connectivity index (χ4n) is 0.278. The minimum Gasteiger partial charge on any atom is -0.388 e. The molecule has 0 heterocycles. The maximum Gasteiger partial charge on any atom is 0.0927 e. The van der Waals surface area contributed by atoms with Gasteiger partial charge in [-0.1, -0.05) is 0 Å². The Hall–Kier alpha value is -0.970. The molecule has 0 amide bonds. The van der Waals surface area contributed by atoms with Gasteiger partial charge in [0.05, 0.1) is 6.07 Å². The second-order valence-corrected chi connectivity index (χ2v) is 1.78. The lowest BCUT2D eigenvalue weighted by molar-refractivity contribution is 0.703. The van der Waals surface area contributed by atoms with Gasteiger partial charge >= 0.3 is 0 Å². The summed E-state index contributed by atoms with van der Waals surface area (Å²) < 4.78 is 0. The standard InChI is InChI=1S/C6H10N2/c1-6(2)8-5-3-4-7/h3,5-6,8H,1-2H3. The summed E-state index contributed by atoms with van der Waals surface area (Å²) in [5.41, 5.74) is 0. The van der Waals surface area contributed by atoms with Crippen molar-refractivity contribution in [2.24, 2.45) is 0 Å². The predicted molar refractivity (Wildman–Crippen MR) is 33.0 cm³/mol. The first-order chi connectivity index (χ1) is 3.77. The minimum atomic E-state index is 0.416. The molecule has 0 aromatic heterocycles.